The number of carbonyl (C=O) groups is 1. The van der Waals surface area contributed by atoms with Crippen molar-refractivity contribution in [3.8, 4) is 0 Å². The number of aromatic nitrogens is 2. The number of hydrogen-bond donors (Lipinski definition) is 1. The van der Waals surface area contributed by atoms with E-state index in [-0.39, 0.29) is 12.5 Å². The molecule has 4 aromatic rings. The summed E-state index contributed by atoms with van der Waals surface area (Å²) in [5.41, 5.74) is 3.61. The molecule has 0 saturated heterocycles. The molecule has 2 aromatic carbocycles. The van der Waals surface area contributed by atoms with Crippen LogP contribution in [-0.2, 0) is 17.8 Å². The Balaban J connectivity index is 1.69. The molecule has 0 radical (unpaired) electrons. The summed E-state index contributed by atoms with van der Waals surface area (Å²) in [5, 5.41) is 8.24. The van der Waals surface area contributed by atoms with Crippen molar-refractivity contribution in [2.75, 3.05) is 5.32 Å². The SMILES string of the molecule is CCc1ccc(NC(=O)Cn2ncc3c(=O)oc4ccc(C)cc4c32)cc1. The van der Waals surface area contributed by atoms with Gasteiger partial charge in [0.05, 0.1) is 11.7 Å². The second-order valence-electron chi connectivity index (χ2n) is 6.55. The monoisotopic (exact) mass is 361 g/mol. The van der Waals surface area contributed by atoms with E-state index in [1.807, 2.05) is 43.3 Å². The average molecular weight is 361 g/mol. The average Bonchev–Trinajstić information content (AvgIpc) is 3.07. The number of nitrogens with one attached hydrogen (secondary N) is 1. The highest BCUT2D eigenvalue weighted by Crippen LogP contribution is 2.23. The maximum atomic E-state index is 12.5. The molecule has 6 heteroatoms. The quantitative estimate of drug-likeness (QED) is 0.563. The van der Waals surface area contributed by atoms with Crippen LogP contribution in [0.25, 0.3) is 21.9 Å². The molecule has 1 N–H and O–H groups in total. The van der Waals surface area contributed by atoms with Crippen LogP contribution in [0.2, 0.25) is 0 Å². The fourth-order valence-corrected chi connectivity index (χ4v) is 3.17. The molecule has 0 unspecified atom stereocenters. The van der Waals surface area contributed by atoms with Gasteiger partial charge in [-0.25, -0.2) is 4.79 Å². The molecule has 2 heterocycles. The smallest absolute Gasteiger partial charge is 0.347 e. The van der Waals surface area contributed by atoms with Crippen LogP contribution in [0.3, 0.4) is 0 Å². The van der Waals surface area contributed by atoms with Crippen molar-refractivity contribution >= 4 is 33.5 Å². The van der Waals surface area contributed by atoms with Gasteiger partial charge in [0.25, 0.3) is 0 Å². The van der Waals surface area contributed by atoms with Gasteiger partial charge in [0.1, 0.15) is 17.5 Å². The van der Waals surface area contributed by atoms with E-state index in [2.05, 4.69) is 17.3 Å². The lowest BCUT2D eigenvalue weighted by Gasteiger charge is -2.08. The number of anilines is 1. The molecule has 1 amide bonds. The summed E-state index contributed by atoms with van der Waals surface area (Å²) in [5.74, 6) is -0.210. The highest BCUT2D eigenvalue weighted by molar-refractivity contribution is 6.03. The zero-order valence-corrected chi connectivity index (χ0v) is 15.2. The first kappa shape index (κ1) is 17.0. The minimum absolute atomic E-state index is 0.00548. The van der Waals surface area contributed by atoms with Crippen LogP contribution in [0, 0.1) is 6.92 Å². The molecule has 27 heavy (non-hydrogen) atoms. The third-order valence-electron chi connectivity index (χ3n) is 4.59. The second-order valence-corrected chi connectivity index (χ2v) is 6.55. The number of carbonyl (C=O) groups excluding carboxylic acids is 1. The van der Waals surface area contributed by atoms with Crippen LogP contribution < -0.4 is 10.9 Å². The van der Waals surface area contributed by atoms with Crippen molar-refractivity contribution in [2.24, 2.45) is 0 Å². The Morgan fingerprint density at radius 3 is 2.67 bits per heavy atom. The van der Waals surface area contributed by atoms with E-state index in [1.165, 1.54) is 11.8 Å². The van der Waals surface area contributed by atoms with E-state index in [0.717, 1.165) is 23.1 Å². The zero-order valence-electron chi connectivity index (χ0n) is 15.2. The topological polar surface area (TPSA) is 77.1 Å². The lowest BCUT2D eigenvalue weighted by Crippen LogP contribution is -2.19. The van der Waals surface area contributed by atoms with E-state index in [9.17, 15) is 9.59 Å². The molecule has 2 aromatic heterocycles. The van der Waals surface area contributed by atoms with Gasteiger partial charge in [-0.1, -0.05) is 30.7 Å². The molecular formula is C21H19N3O3. The normalized spacial score (nSPS) is 11.2. The molecule has 0 aliphatic carbocycles. The number of hydrogen-bond acceptors (Lipinski definition) is 4. The van der Waals surface area contributed by atoms with Crippen LogP contribution in [0.15, 0.2) is 57.9 Å². The molecule has 0 aliphatic rings. The van der Waals surface area contributed by atoms with Crippen LogP contribution in [-0.4, -0.2) is 15.7 Å². The third-order valence-corrected chi connectivity index (χ3v) is 4.59. The lowest BCUT2D eigenvalue weighted by molar-refractivity contribution is -0.116. The van der Waals surface area contributed by atoms with Crippen LogP contribution in [0.1, 0.15) is 18.1 Å². The Morgan fingerprint density at radius 2 is 1.93 bits per heavy atom. The minimum atomic E-state index is -0.455. The third kappa shape index (κ3) is 3.21. The fourth-order valence-electron chi connectivity index (χ4n) is 3.17. The summed E-state index contributed by atoms with van der Waals surface area (Å²) in [4.78, 5) is 24.7. The highest BCUT2D eigenvalue weighted by Gasteiger charge is 2.15. The van der Waals surface area contributed by atoms with Crippen LogP contribution in [0.4, 0.5) is 5.69 Å². The lowest BCUT2D eigenvalue weighted by atomic mass is 10.1. The standard InChI is InChI=1S/C21H19N3O3/c1-3-14-5-7-15(8-6-14)23-19(25)12-24-20-16-10-13(2)4-9-18(16)27-21(26)17(20)11-22-24/h4-11H,3,12H2,1-2H3,(H,23,25). The van der Waals surface area contributed by atoms with Crippen molar-refractivity contribution in [1.82, 2.24) is 9.78 Å². The highest BCUT2D eigenvalue weighted by atomic mass is 16.4. The Labute approximate surface area is 155 Å². The van der Waals surface area contributed by atoms with Crippen molar-refractivity contribution < 1.29 is 9.21 Å². The van der Waals surface area contributed by atoms with Crippen molar-refractivity contribution in [3.05, 3.63) is 70.2 Å². The molecule has 0 spiro atoms. The molecule has 0 aliphatic heterocycles. The van der Waals surface area contributed by atoms with Gasteiger partial charge in [-0.2, -0.15) is 5.10 Å². The first-order valence-corrected chi connectivity index (χ1v) is 8.83. The minimum Gasteiger partial charge on any atom is -0.422 e. The van der Waals surface area contributed by atoms with Crippen molar-refractivity contribution in [1.29, 1.82) is 0 Å². The molecular weight excluding hydrogens is 342 g/mol. The number of nitrogens with zero attached hydrogens (tertiary/aromatic N) is 2. The van der Waals surface area contributed by atoms with Gasteiger partial charge in [0.2, 0.25) is 5.91 Å². The summed E-state index contributed by atoms with van der Waals surface area (Å²) in [6.07, 6.45) is 2.40. The summed E-state index contributed by atoms with van der Waals surface area (Å²) in [7, 11) is 0. The van der Waals surface area contributed by atoms with E-state index >= 15 is 0 Å². The first-order chi connectivity index (χ1) is 13.0. The molecule has 136 valence electrons. The number of rotatable bonds is 4. The molecule has 0 bridgehead atoms. The largest absolute Gasteiger partial charge is 0.422 e. The summed E-state index contributed by atoms with van der Waals surface area (Å²) in [6, 6.07) is 13.3. The van der Waals surface area contributed by atoms with Crippen molar-refractivity contribution in [2.45, 2.75) is 26.8 Å². The summed E-state index contributed by atoms with van der Waals surface area (Å²) < 4.78 is 6.90. The second kappa shape index (κ2) is 6.72. The number of aryl methyl sites for hydroxylation is 2. The number of fused-ring (bicyclic) bond motifs is 3. The van der Waals surface area contributed by atoms with Gasteiger partial charge < -0.3 is 9.73 Å². The fraction of sp³-hybridized carbons (Fsp3) is 0.190. The predicted octanol–water partition coefficient (Wildman–Crippen LogP) is 3.65. The Morgan fingerprint density at radius 1 is 1.15 bits per heavy atom. The van der Waals surface area contributed by atoms with Crippen molar-refractivity contribution in [3.63, 3.8) is 0 Å². The van der Waals surface area contributed by atoms with E-state index < -0.39 is 5.63 Å². The van der Waals surface area contributed by atoms with E-state index in [0.29, 0.717) is 16.5 Å². The summed E-state index contributed by atoms with van der Waals surface area (Å²) in [6.45, 7) is 4.05. The maximum absolute atomic E-state index is 12.5. The Bertz CT molecular complexity index is 1200. The number of amides is 1. The molecule has 6 nitrogen and oxygen atoms in total. The van der Waals surface area contributed by atoms with E-state index in [4.69, 9.17) is 4.42 Å². The Kier molecular flexibility index (Phi) is 4.24. The van der Waals surface area contributed by atoms with Crippen LogP contribution in [0.5, 0.6) is 0 Å². The van der Waals surface area contributed by atoms with Gasteiger partial charge >= 0.3 is 5.63 Å². The van der Waals surface area contributed by atoms with Gasteiger partial charge in [-0.05, 0) is 43.2 Å². The van der Waals surface area contributed by atoms with Gasteiger partial charge in [-0.3, -0.25) is 9.48 Å². The molecule has 0 fully saturated rings. The predicted molar refractivity (Wildman–Crippen MR) is 105 cm³/mol. The molecule has 0 saturated carbocycles. The van der Waals surface area contributed by atoms with Gasteiger partial charge in [0, 0.05) is 11.1 Å². The number of benzene rings is 2. The summed E-state index contributed by atoms with van der Waals surface area (Å²) >= 11 is 0. The first-order valence-electron chi connectivity index (χ1n) is 8.83. The van der Waals surface area contributed by atoms with Gasteiger partial charge in [0.15, 0.2) is 0 Å². The van der Waals surface area contributed by atoms with Crippen LogP contribution >= 0.6 is 0 Å². The van der Waals surface area contributed by atoms with E-state index in [1.54, 1.807) is 10.7 Å². The maximum Gasteiger partial charge on any atom is 0.347 e. The molecule has 0 atom stereocenters. The molecule has 4 rings (SSSR count). The van der Waals surface area contributed by atoms with Gasteiger partial charge in [-0.15, -0.1) is 0 Å². The Hall–Kier alpha value is -3.41. The zero-order chi connectivity index (χ0) is 19.0.